The standard InChI is InChI=1S/C15H21ClN2O3.H2/c16-11-7-10(8-13-15(11)21-6-5-20-13)14(19)12(17)9-18-3-1-2-4-18;/h7-8,12,14,19H,1-6,9,17H2;1H/t12-,14-;/m1./s1/i;1+1. The van der Waals surface area contributed by atoms with Gasteiger partial charge in [-0.2, -0.15) is 0 Å². The highest BCUT2D eigenvalue weighted by Crippen LogP contribution is 2.40. The molecule has 0 bridgehead atoms. The Morgan fingerprint density at radius 3 is 2.76 bits per heavy atom. The molecule has 21 heavy (non-hydrogen) atoms. The Balaban J connectivity index is 0.00000176. The molecule has 0 aliphatic carbocycles. The molecule has 3 rings (SSSR count). The van der Waals surface area contributed by atoms with Crippen LogP contribution in [-0.2, 0) is 0 Å². The number of ether oxygens (including phenoxy) is 2. The molecule has 2 heterocycles. The maximum atomic E-state index is 10.5. The first-order chi connectivity index (χ1) is 10.1. The molecule has 2 aliphatic rings. The second kappa shape index (κ2) is 6.40. The third kappa shape index (κ3) is 3.26. The number of hydrogen-bond acceptors (Lipinski definition) is 5. The number of halogens is 1. The predicted octanol–water partition coefficient (Wildman–Crippen LogP) is 1.81. The third-order valence-corrected chi connectivity index (χ3v) is 4.31. The molecule has 0 unspecified atom stereocenters. The van der Waals surface area contributed by atoms with Crippen LogP contribution in [0.5, 0.6) is 11.5 Å². The zero-order valence-electron chi connectivity index (χ0n) is 11.9. The summed E-state index contributed by atoms with van der Waals surface area (Å²) in [5.74, 6) is 1.13. The van der Waals surface area contributed by atoms with Gasteiger partial charge in [-0.1, -0.05) is 11.6 Å². The smallest absolute Gasteiger partial charge is 0.179 e. The molecule has 1 saturated heterocycles. The Morgan fingerprint density at radius 1 is 1.29 bits per heavy atom. The fourth-order valence-electron chi connectivity index (χ4n) is 2.91. The summed E-state index contributed by atoms with van der Waals surface area (Å²) in [6.07, 6.45) is 1.65. The summed E-state index contributed by atoms with van der Waals surface area (Å²) in [7, 11) is 0. The minimum Gasteiger partial charge on any atom is -0.486 e. The topological polar surface area (TPSA) is 68.0 Å². The summed E-state index contributed by atoms with van der Waals surface area (Å²) in [5, 5.41) is 10.9. The third-order valence-electron chi connectivity index (χ3n) is 4.03. The maximum Gasteiger partial charge on any atom is 0.179 e. The average Bonchev–Trinajstić information content (AvgIpc) is 2.99. The average molecular weight is 316 g/mol. The first-order valence-electron chi connectivity index (χ1n) is 7.40. The number of fused-ring (bicyclic) bond motifs is 1. The lowest BCUT2D eigenvalue weighted by Gasteiger charge is -2.26. The van der Waals surface area contributed by atoms with Crippen LogP contribution in [0.3, 0.4) is 0 Å². The summed E-state index contributed by atoms with van der Waals surface area (Å²) in [5.41, 5.74) is 6.83. The highest BCUT2D eigenvalue weighted by molar-refractivity contribution is 6.32. The van der Waals surface area contributed by atoms with E-state index in [1.54, 1.807) is 12.1 Å². The second-order valence-corrected chi connectivity index (χ2v) is 6.05. The number of likely N-dealkylation sites (tertiary alicyclic amines) is 1. The molecule has 1 fully saturated rings. The van der Waals surface area contributed by atoms with E-state index in [0.717, 1.165) is 13.1 Å². The van der Waals surface area contributed by atoms with E-state index in [-0.39, 0.29) is 7.47 Å². The Morgan fingerprint density at radius 2 is 2.00 bits per heavy atom. The number of rotatable bonds is 4. The van der Waals surface area contributed by atoms with E-state index < -0.39 is 6.10 Å². The first-order valence-corrected chi connectivity index (χ1v) is 7.78. The number of hydrogen-bond donors (Lipinski definition) is 2. The monoisotopic (exact) mass is 315 g/mol. The van der Waals surface area contributed by atoms with Crippen molar-refractivity contribution < 1.29 is 16.0 Å². The molecule has 0 saturated carbocycles. The molecule has 0 radical (unpaired) electrons. The van der Waals surface area contributed by atoms with Gasteiger partial charge in [-0.3, -0.25) is 0 Å². The summed E-state index contributed by atoms with van der Waals surface area (Å²) >= 11 is 6.20. The van der Waals surface area contributed by atoms with Crippen LogP contribution >= 0.6 is 11.6 Å². The lowest BCUT2D eigenvalue weighted by molar-refractivity contribution is 0.124. The van der Waals surface area contributed by atoms with E-state index in [4.69, 9.17) is 26.8 Å². The van der Waals surface area contributed by atoms with Gasteiger partial charge in [0.05, 0.1) is 11.1 Å². The Kier molecular flexibility index (Phi) is 4.54. The molecular formula is C15H23ClN2O3. The van der Waals surface area contributed by atoms with E-state index in [2.05, 4.69) is 4.90 Å². The number of nitrogens with two attached hydrogens (primary N) is 1. The molecule has 2 atom stereocenters. The van der Waals surface area contributed by atoms with Gasteiger partial charge in [0.15, 0.2) is 11.5 Å². The van der Waals surface area contributed by atoms with Crippen LogP contribution < -0.4 is 15.2 Å². The molecule has 1 aromatic carbocycles. The molecule has 3 N–H and O–H groups in total. The molecule has 6 heteroatoms. The van der Waals surface area contributed by atoms with Crippen LogP contribution in [0.1, 0.15) is 25.9 Å². The first kappa shape index (κ1) is 14.9. The summed E-state index contributed by atoms with van der Waals surface area (Å²) in [6.45, 7) is 3.78. The lowest BCUT2D eigenvalue weighted by Crippen LogP contribution is -2.40. The number of benzene rings is 1. The van der Waals surface area contributed by atoms with E-state index in [0.29, 0.717) is 41.8 Å². The molecule has 5 nitrogen and oxygen atoms in total. The molecule has 118 valence electrons. The van der Waals surface area contributed by atoms with Gasteiger partial charge in [0.1, 0.15) is 13.2 Å². The van der Waals surface area contributed by atoms with E-state index in [1.807, 2.05) is 0 Å². The van der Waals surface area contributed by atoms with Crippen LogP contribution in [0.25, 0.3) is 0 Å². The lowest BCUT2D eigenvalue weighted by atomic mass is 10.0. The Labute approximate surface area is 131 Å². The quantitative estimate of drug-likeness (QED) is 0.887. The van der Waals surface area contributed by atoms with E-state index in [9.17, 15) is 5.11 Å². The highest BCUT2D eigenvalue weighted by Gasteiger charge is 2.25. The van der Waals surface area contributed by atoms with Crippen molar-refractivity contribution in [1.82, 2.24) is 4.90 Å². The molecular weight excluding hydrogens is 292 g/mol. The van der Waals surface area contributed by atoms with Crippen LogP contribution in [0.4, 0.5) is 0 Å². The van der Waals surface area contributed by atoms with Crippen molar-refractivity contribution in [3.05, 3.63) is 22.7 Å². The van der Waals surface area contributed by atoms with Crippen molar-refractivity contribution >= 4 is 11.6 Å². The zero-order chi connectivity index (χ0) is 14.8. The zero-order valence-corrected chi connectivity index (χ0v) is 12.7. The minimum atomic E-state index is -0.765. The molecule has 0 aromatic heterocycles. The number of aliphatic hydroxyl groups excluding tert-OH is 1. The second-order valence-electron chi connectivity index (χ2n) is 5.64. The van der Waals surface area contributed by atoms with Crippen molar-refractivity contribution in [3.63, 3.8) is 0 Å². The fraction of sp³-hybridized carbons (Fsp3) is 0.600. The van der Waals surface area contributed by atoms with Crippen molar-refractivity contribution in [1.29, 1.82) is 0 Å². The van der Waals surface area contributed by atoms with Gasteiger partial charge in [-0.05, 0) is 43.6 Å². The van der Waals surface area contributed by atoms with Gasteiger partial charge in [-0.25, -0.2) is 0 Å². The van der Waals surface area contributed by atoms with E-state index >= 15 is 0 Å². The van der Waals surface area contributed by atoms with Crippen molar-refractivity contribution in [2.45, 2.75) is 25.0 Å². The number of nitrogens with zero attached hydrogens (tertiary/aromatic N) is 1. The summed E-state index contributed by atoms with van der Waals surface area (Å²) in [6, 6.07) is 3.14. The SMILES string of the molecule is N[C@H](CN1CCCC1)[C@H](O)c1cc(Cl)c2c(c1)OCCO2.[2HH]. The van der Waals surface area contributed by atoms with Crippen molar-refractivity contribution in [2.24, 2.45) is 5.73 Å². The summed E-state index contributed by atoms with van der Waals surface area (Å²) in [4.78, 5) is 2.29. The van der Waals surface area contributed by atoms with Crippen LogP contribution in [-0.4, -0.2) is 48.9 Å². The molecule has 2 aliphatic heterocycles. The summed E-state index contributed by atoms with van der Waals surface area (Å²) < 4.78 is 11.0. The van der Waals surface area contributed by atoms with Gasteiger partial charge in [0.2, 0.25) is 0 Å². The van der Waals surface area contributed by atoms with Gasteiger partial charge < -0.3 is 25.2 Å². The Hall–Kier alpha value is -1.01. The molecule has 0 amide bonds. The largest absolute Gasteiger partial charge is 0.486 e. The van der Waals surface area contributed by atoms with Crippen molar-refractivity contribution in [3.8, 4) is 11.5 Å². The van der Waals surface area contributed by atoms with Crippen LogP contribution in [0.15, 0.2) is 12.1 Å². The van der Waals surface area contributed by atoms with Gasteiger partial charge in [0.25, 0.3) is 0 Å². The number of aliphatic hydroxyl groups is 1. The van der Waals surface area contributed by atoms with E-state index in [1.165, 1.54) is 12.8 Å². The minimum absolute atomic E-state index is 0. The van der Waals surface area contributed by atoms with Gasteiger partial charge in [-0.15, -0.1) is 0 Å². The normalized spacial score (nSPS) is 21.3. The van der Waals surface area contributed by atoms with Crippen molar-refractivity contribution in [2.75, 3.05) is 32.8 Å². The predicted molar refractivity (Wildman–Crippen MR) is 83.2 cm³/mol. The molecule has 1 aromatic rings. The van der Waals surface area contributed by atoms with Crippen LogP contribution in [0.2, 0.25) is 5.02 Å². The Bertz CT molecular complexity index is 512. The van der Waals surface area contributed by atoms with Gasteiger partial charge >= 0.3 is 0 Å². The van der Waals surface area contributed by atoms with Crippen LogP contribution in [0, 0.1) is 0 Å². The maximum absolute atomic E-state index is 10.5. The highest BCUT2D eigenvalue weighted by atomic mass is 35.5. The van der Waals surface area contributed by atoms with Gasteiger partial charge in [0, 0.05) is 14.0 Å². The molecule has 0 spiro atoms. The fourth-order valence-corrected chi connectivity index (χ4v) is 3.19.